The Bertz CT molecular complexity index is 958. The minimum atomic E-state index is 0.470. The quantitative estimate of drug-likeness (QED) is 0.228. The predicted octanol–water partition coefficient (Wildman–Crippen LogP) is 11.1. The molecule has 2 nitrogen and oxygen atoms in total. The molecular weight excluding hydrogens is 496 g/mol. The molecule has 0 unspecified atom stereocenters. The van der Waals surface area contributed by atoms with Gasteiger partial charge in [0.25, 0.3) is 0 Å². The fourth-order valence-electron chi connectivity index (χ4n) is 4.49. The first-order valence-corrected chi connectivity index (χ1v) is 14.5. The molecule has 0 saturated heterocycles. The van der Waals surface area contributed by atoms with Crippen LogP contribution in [0.15, 0.2) is 111 Å². The third-order valence-electron chi connectivity index (χ3n) is 6.91. The van der Waals surface area contributed by atoms with E-state index in [9.17, 15) is 0 Å². The van der Waals surface area contributed by atoms with Crippen LogP contribution in [0.1, 0.15) is 76.8 Å². The van der Waals surface area contributed by atoms with Gasteiger partial charge in [0.15, 0.2) is 0 Å². The summed E-state index contributed by atoms with van der Waals surface area (Å²) in [6.45, 7) is 23.3. The number of aryl methyl sites for hydroxylation is 1. The number of halogens is 1. The van der Waals surface area contributed by atoms with E-state index in [4.69, 9.17) is 11.6 Å². The van der Waals surface area contributed by atoms with Gasteiger partial charge in [0.1, 0.15) is 0 Å². The molecule has 0 heterocycles. The van der Waals surface area contributed by atoms with E-state index < -0.39 is 0 Å². The number of hydrogen-bond donors (Lipinski definition) is 2. The molecule has 0 atom stereocenters. The van der Waals surface area contributed by atoms with Gasteiger partial charge in [0.05, 0.1) is 0 Å². The molecule has 0 aliphatic heterocycles. The number of nitrogens with one attached hydrogen (secondary N) is 2. The fraction of sp³-hybridized carbons (Fsp3) is 0.389. The molecule has 0 amide bonds. The molecule has 0 bridgehead atoms. The zero-order valence-electron chi connectivity index (χ0n) is 25.1. The van der Waals surface area contributed by atoms with Gasteiger partial charge < -0.3 is 10.6 Å². The molecule has 214 valence electrons. The first kappa shape index (κ1) is 36.0. The molecule has 3 heteroatoms. The molecule has 2 aromatic carbocycles. The summed E-state index contributed by atoms with van der Waals surface area (Å²) in [6.07, 6.45) is 17.3. The molecular formula is C36H53ClN2. The van der Waals surface area contributed by atoms with Crippen molar-refractivity contribution in [3.8, 4) is 0 Å². The van der Waals surface area contributed by atoms with Crippen LogP contribution < -0.4 is 10.6 Å². The second-order valence-corrected chi connectivity index (χ2v) is 10.3. The van der Waals surface area contributed by atoms with Gasteiger partial charge in [-0.15, -0.1) is 19.7 Å². The molecule has 2 N–H and O–H groups in total. The highest BCUT2D eigenvalue weighted by Crippen LogP contribution is 2.43. The summed E-state index contributed by atoms with van der Waals surface area (Å²) in [5.74, 6) is 0. The van der Waals surface area contributed by atoms with Crippen LogP contribution in [0.25, 0.3) is 0 Å². The van der Waals surface area contributed by atoms with Crippen LogP contribution in [0, 0.1) is 5.41 Å². The summed E-state index contributed by atoms with van der Waals surface area (Å²) in [7, 11) is 1.93. The van der Waals surface area contributed by atoms with Crippen molar-refractivity contribution in [2.24, 2.45) is 5.41 Å². The van der Waals surface area contributed by atoms with Gasteiger partial charge in [0.2, 0.25) is 0 Å². The topological polar surface area (TPSA) is 24.1 Å². The van der Waals surface area contributed by atoms with E-state index in [1.165, 1.54) is 55.3 Å². The summed E-state index contributed by atoms with van der Waals surface area (Å²) < 4.78 is 0. The van der Waals surface area contributed by atoms with Gasteiger partial charge in [-0.3, -0.25) is 0 Å². The Morgan fingerprint density at radius 2 is 1.62 bits per heavy atom. The van der Waals surface area contributed by atoms with E-state index in [1.54, 1.807) is 0 Å². The number of hydrogen-bond acceptors (Lipinski definition) is 2. The first-order valence-electron chi connectivity index (χ1n) is 14.1. The zero-order valence-corrected chi connectivity index (χ0v) is 25.9. The Hall–Kier alpha value is -2.97. The lowest BCUT2D eigenvalue weighted by molar-refractivity contribution is 0.173. The van der Waals surface area contributed by atoms with Crippen molar-refractivity contribution in [2.45, 2.75) is 78.6 Å². The van der Waals surface area contributed by atoms with Crippen molar-refractivity contribution in [2.75, 3.05) is 12.4 Å². The molecule has 1 saturated carbocycles. The van der Waals surface area contributed by atoms with Crippen molar-refractivity contribution >= 4 is 17.3 Å². The normalized spacial score (nSPS) is 13.3. The lowest BCUT2D eigenvalue weighted by atomic mass is 9.68. The molecule has 3 rings (SSSR count). The SMILES string of the molecule is C=C.C=C(C)C(=C)N/C=C\C.C=CCCC1(Cc2ccccc2Cl)CCCCC1.CCc1ccc(NC)cc1. The highest BCUT2D eigenvalue weighted by atomic mass is 35.5. The summed E-state index contributed by atoms with van der Waals surface area (Å²) in [5.41, 5.74) is 6.19. The highest BCUT2D eigenvalue weighted by molar-refractivity contribution is 6.31. The molecule has 0 aromatic heterocycles. The number of rotatable bonds is 10. The predicted molar refractivity (Wildman–Crippen MR) is 179 cm³/mol. The second-order valence-electron chi connectivity index (χ2n) is 9.86. The standard InChI is InChI=1S/C17H23Cl.C9H13N.C8H13N.C2H4/c1-2-3-11-17(12-7-4-8-13-17)14-15-9-5-6-10-16(15)18;1-3-8-4-6-9(10-2)7-5-8;1-5-6-9-8(4)7(2)3;1-2/h2,5-6,9-10H,1,3-4,7-8,11-14H2;4-7,10H,3H2,1-2H3;5-6,9H,2,4H2,1,3H3;1-2H2/b;;6-5-;. The summed E-state index contributed by atoms with van der Waals surface area (Å²) >= 11 is 6.32. The van der Waals surface area contributed by atoms with Gasteiger partial charge in [-0.05, 0) is 98.9 Å². The fourth-order valence-corrected chi connectivity index (χ4v) is 4.69. The maximum atomic E-state index is 6.32. The second kappa shape index (κ2) is 21.9. The average molecular weight is 549 g/mol. The molecule has 1 aliphatic rings. The van der Waals surface area contributed by atoms with Crippen LogP contribution in [0.2, 0.25) is 5.02 Å². The maximum Gasteiger partial charge on any atom is 0.0438 e. The van der Waals surface area contributed by atoms with Crippen LogP contribution in [0.5, 0.6) is 0 Å². The van der Waals surface area contributed by atoms with Gasteiger partial charge in [0, 0.05) is 23.5 Å². The van der Waals surface area contributed by atoms with E-state index in [0.717, 1.165) is 35.6 Å². The van der Waals surface area contributed by atoms with Crippen molar-refractivity contribution < 1.29 is 0 Å². The van der Waals surface area contributed by atoms with E-state index in [0.29, 0.717) is 5.41 Å². The zero-order chi connectivity index (χ0) is 29.5. The van der Waals surface area contributed by atoms with Gasteiger partial charge in [-0.25, -0.2) is 0 Å². The van der Waals surface area contributed by atoms with Crippen LogP contribution in [0.3, 0.4) is 0 Å². The van der Waals surface area contributed by atoms with Crippen LogP contribution >= 0.6 is 11.6 Å². The molecule has 1 aliphatic carbocycles. The molecule has 0 radical (unpaired) electrons. The highest BCUT2D eigenvalue weighted by Gasteiger charge is 2.31. The smallest absolute Gasteiger partial charge is 0.0438 e. The van der Waals surface area contributed by atoms with E-state index in [-0.39, 0.29) is 0 Å². The van der Waals surface area contributed by atoms with Gasteiger partial charge in [-0.1, -0.05) is 93.4 Å². The summed E-state index contributed by atoms with van der Waals surface area (Å²) in [4.78, 5) is 0. The third-order valence-corrected chi connectivity index (χ3v) is 7.28. The first-order chi connectivity index (χ1) is 18.8. The third kappa shape index (κ3) is 15.3. The Morgan fingerprint density at radius 3 is 2.10 bits per heavy atom. The van der Waals surface area contributed by atoms with Crippen molar-refractivity contribution in [3.63, 3.8) is 0 Å². The number of allylic oxidation sites excluding steroid dienone is 3. The Morgan fingerprint density at radius 1 is 1.00 bits per heavy atom. The Kier molecular flexibility index (Phi) is 20.2. The molecule has 0 spiro atoms. The van der Waals surface area contributed by atoms with Crippen LogP contribution in [-0.2, 0) is 12.8 Å². The number of anilines is 1. The molecule has 1 fully saturated rings. The van der Waals surface area contributed by atoms with E-state index >= 15 is 0 Å². The van der Waals surface area contributed by atoms with E-state index in [2.05, 4.69) is 92.9 Å². The van der Waals surface area contributed by atoms with Gasteiger partial charge >= 0.3 is 0 Å². The maximum absolute atomic E-state index is 6.32. The average Bonchev–Trinajstić information content (AvgIpc) is 2.98. The Balaban J connectivity index is 0.000000586. The summed E-state index contributed by atoms with van der Waals surface area (Å²) in [6, 6.07) is 16.8. The number of benzene rings is 2. The Labute approximate surface area is 245 Å². The lowest BCUT2D eigenvalue weighted by Crippen LogP contribution is -2.26. The monoisotopic (exact) mass is 548 g/mol. The van der Waals surface area contributed by atoms with Crippen LogP contribution in [-0.4, -0.2) is 7.05 Å². The minimum Gasteiger partial charge on any atom is -0.388 e. The summed E-state index contributed by atoms with van der Waals surface area (Å²) in [5, 5.41) is 6.97. The lowest BCUT2D eigenvalue weighted by Gasteiger charge is -2.38. The largest absolute Gasteiger partial charge is 0.388 e. The van der Waals surface area contributed by atoms with Crippen LogP contribution in [0.4, 0.5) is 5.69 Å². The molecule has 2 aromatic rings. The van der Waals surface area contributed by atoms with Gasteiger partial charge in [-0.2, -0.15) is 0 Å². The minimum absolute atomic E-state index is 0.470. The molecule has 39 heavy (non-hydrogen) atoms. The van der Waals surface area contributed by atoms with Crippen molar-refractivity contribution in [3.05, 3.63) is 127 Å². The van der Waals surface area contributed by atoms with Crippen molar-refractivity contribution in [1.82, 2.24) is 5.32 Å². The van der Waals surface area contributed by atoms with E-state index in [1.807, 2.05) is 45.3 Å². The van der Waals surface area contributed by atoms with Crippen molar-refractivity contribution in [1.29, 1.82) is 0 Å².